The molecule has 0 aliphatic carbocycles. The Morgan fingerprint density at radius 3 is 0.684 bits per heavy atom. The van der Waals surface area contributed by atoms with Gasteiger partial charge in [0.1, 0.15) is 0 Å². The van der Waals surface area contributed by atoms with E-state index in [0.29, 0.717) is 0 Å². The summed E-state index contributed by atoms with van der Waals surface area (Å²) in [6.07, 6.45) is 0. The van der Waals surface area contributed by atoms with E-state index in [4.69, 9.17) is 17.5 Å². The van der Waals surface area contributed by atoms with E-state index >= 15 is 0 Å². The Hall–Kier alpha value is 6.16. The van der Waals surface area contributed by atoms with Crippen LogP contribution in [0.1, 0.15) is 0 Å². The zero-order valence-electron chi connectivity index (χ0n) is 10.1. The first-order chi connectivity index (χ1) is 6.21. The topological polar surface area (TPSA) is 213 Å². The van der Waals surface area contributed by atoms with E-state index in [-0.39, 0.29) is 206 Å². The summed E-state index contributed by atoms with van der Waals surface area (Å²) >= 11 is 0. The average Bonchev–Trinajstić information content (AvgIpc) is 1.76. The molecule has 0 spiro atoms. The van der Waals surface area contributed by atoms with Crippen LogP contribution >= 0.6 is 0 Å². The van der Waals surface area contributed by atoms with E-state index < -0.39 is 31.2 Å². The van der Waals surface area contributed by atoms with Gasteiger partial charge in [-0.25, -0.2) is 16.8 Å². The van der Waals surface area contributed by atoms with E-state index in [2.05, 4.69) is 8.67 Å². The van der Waals surface area contributed by atoms with E-state index in [9.17, 15) is 25.9 Å². The van der Waals surface area contributed by atoms with Crippen LogP contribution in [-0.2, 0) is 39.9 Å². The Morgan fingerprint density at radius 1 is 0.526 bits per heavy atom. The van der Waals surface area contributed by atoms with E-state index in [1.54, 1.807) is 0 Å². The van der Waals surface area contributed by atoms with Crippen LogP contribution < -0.4 is 206 Å². The first-order valence-electron chi connectivity index (χ1n) is 2.17. The van der Waals surface area contributed by atoms with Gasteiger partial charge >= 0.3 is 206 Å². The van der Waals surface area contributed by atoms with Crippen LogP contribution in [0.3, 0.4) is 0 Å². The van der Waals surface area contributed by atoms with Gasteiger partial charge in [0, 0.05) is 10.4 Å². The second-order valence-corrected chi connectivity index (χ2v) is 4.08. The third-order valence-electron chi connectivity index (χ3n) is 0.194. The Bertz CT molecular complexity index is 429. The van der Waals surface area contributed by atoms with Gasteiger partial charge in [0.2, 0.25) is 20.8 Å². The molecule has 0 unspecified atom stereocenters. The molecule has 19 heteroatoms. The minimum atomic E-state index is -5.31. The summed E-state index contributed by atoms with van der Waals surface area (Å²) in [6, 6.07) is 0. The molecule has 0 heterocycles. The molecule has 0 aliphatic heterocycles. The van der Waals surface area contributed by atoms with Crippen LogP contribution in [0.25, 0.3) is 0 Å². The molecule has 0 aromatic rings. The molecule has 0 atom stereocenters. The second-order valence-electron chi connectivity index (χ2n) is 1.36. The minimum absolute atomic E-state index is 0. The van der Waals surface area contributed by atoms with Crippen molar-refractivity contribution in [2.75, 3.05) is 0 Å². The number of hydrogen-bond acceptors (Lipinski definition) is 12. The standard InChI is InChI=1S/4K.H2O8S2.H2O4S/c;;;;1-9(2,3)7-8-10(4,5)6;1-5(2,3)4/h;;;;(H,1,2,3)(H,4,5,6);(H2,1,2,3,4)/q4*+1;;/p-4. The molecule has 19 heavy (non-hydrogen) atoms. The third kappa shape index (κ3) is 68.5. The monoisotopic (exact) mass is 444 g/mol. The quantitative estimate of drug-likeness (QED) is 0.130. The van der Waals surface area contributed by atoms with Crippen LogP contribution in [-0.4, -0.2) is 43.5 Å². The normalized spacial score (nSPS) is 10.1. The van der Waals surface area contributed by atoms with Crippen molar-refractivity contribution in [3.8, 4) is 0 Å². The van der Waals surface area contributed by atoms with Crippen molar-refractivity contribution in [3.05, 3.63) is 0 Å². The van der Waals surface area contributed by atoms with Gasteiger partial charge in [-0.15, -0.1) is 8.67 Å². The van der Waals surface area contributed by atoms with E-state index in [0.717, 1.165) is 0 Å². The molecule has 0 N–H and O–H groups in total. The molecule has 94 valence electrons. The molecule has 0 saturated heterocycles. The Labute approximate surface area is 280 Å². The van der Waals surface area contributed by atoms with Gasteiger partial charge in [-0.3, -0.25) is 8.42 Å². The van der Waals surface area contributed by atoms with Crippen molar-refractivity contribution in [2.45, 2.75) is 0 Å². The average molecular weight is 445 g/mol. The fraction of sp³-hybridized carbons (Fsp3) is 0. The Morgan fingerprint density at radius 2 is 0.632 bits per heavy atom. The van der Waals surface area contributed by atoms with Crippen molar-refractivity contribution in [1.82, 2.24) is 0 Å². The summed E-state index contributed by atoms with van der Waals surface area (Å²) in [5.41, 5.74) is 0. The summed E-state index contributed by atoms with van der Waals surface area (Å²) in [7, 11) is -15.8. The SMILES string of the molecule is O=S(=O)([O-])OOS(=O)(=O)[O-].O=S(=O)([O-])[O-].[K+].[K+].[K+].[K+]. The molecule has 0 aliphatic rings. The maximum absolute atomic E-state index is 9.37. The van der Waals surface area contributed by atoms with Gasteiger partial charge in [0.15, 0.2) is 0 Å². The van der Waals surface area contributed by atoms with Gasteiger partial charge in [0.25, 0.3) is 0 Å². The van der Waals surface area contributed by atoms with Crippen LogP contribution in [0.2, 0.25) is 0 Å². The predicted octanol–water partition coefficient (Wildman–Crippen LogP) is -15.5. The molecule has 0 bridgehead atoms. The number of rotatable bonds is 3. The van der Waals surface area contributed by atoms with Gasteiger partial charge in [-0.1, -0.05) is 0 Å². The first-order valence-corrected chi connectivity index (χ1v) is 6.17. The van der Waals surface area contributed by atoms with Crippen LogP contribution in [0.5, 0.6) is 0 Å². The van der Waals surface area contributed by atoms with Gasteiger partial charge in [-0.05, 0) is 0 Å². The molecule has 0 radical (unpaired) electrons. The van der Waals surface area contributed by atoms with Crippen LogP contribution in [0.15, 0.2) is 0 Å². The van der Waals surface area contributed by atoms with Gasteiger partial charge in [0.05, 0.1) is 0 Å². The molecule has 0 saturated carbocycles. The molecular weight excluding hydrogens is 445 g/mol. The summed E-state index contributed by atoms with van der Waals surface area (Å²) in [4.78, 5) is 0. The van der Waals surface area contributed by atoms with Crippen molar-refractivity contribution >= 4 is 31.2 Å². The van der Waals surface area contributed by atoms with Crippen molar-refractivity contribution < 1.29 is 258 Å². The summed E-state index contributed by atoms with van der Waals surface area (Å²) in [5.74, 6) is 0. The molecule has 12 nitrogen and oxygen atoms in total. The molecule has 0 rings (SSSR count). The maximum atomic E-state index is 9.37. The third-order valence-corrected chi connectivity index (χ3v) is 0.750. The van der Waals surface area contributed by atoms with Crippen LogP contribution in [0, 0.1) is 0 Å². The smallest absolute Gasteiger partial charge is 0.759 e. The van der Waals surface area contributed by atoms with E-state index in [1.165, 1.54) is 0 Å². The molecule has 0 fully saturated rings. The number of hydrogen-bond donors (Lipinski definition) is 0. The molecule has 0 aromatic carbocycles. The summed E-state index contributed by atoms with van der Waals surface area (Å²) in [5, 5.41) is 0. The largest absolute Gasteiger partial charge is 1.00 e. The Kier molecular flexibility index (Phi) is 39.9. The second kappa shape index (κ2) is 18.9. The molecular formula is K4O12S3. The van der Waals surface area contributed by atoms with Crippen LogP contribution in [0.4, 0.5) is 0 Å². The predicted molar refractivity (Wildman–Crippen MR) is 32.0 cm³/mol. The molecule has 0 aromatic heterocycles. The zero-order chi connectivity index (χ0) is 12.9. The van der Waals surface area contributed by atoms with Gasteiger partial charge in [-0.2, -0.15) is 0 Å². The minimum Gasteiger partial charge on any atom is -0.759 e. The fourth-order valence-corrected chi connectivity index (χ4v) is 0.612. The zero-order valence-corrected chi connectivity index (χ0v) is 25.1. The van der Waals surface area contributed by atoms with Crippen molar-refractivity contribution in [2.24, 2.45) is 0 Å². The fourth-order valence-electron chi connectivity index (χ4n) is 0.0680. The van der Waals surface area contributed by atoms with Crippen molar-refractivity contribution in [3.63, 3.8) is 0 Å². The summed E-state index contributed by atoms with van der Waals surface area (Å²) in [6.45, 7) is 0. The van der Waals surface area contributed by atoms with E-state index in [1.807, 2.05) is 0 Å². The van der Waals surface area contributed by atoms with Crippen molar-refractivity contribution in [1.29, 1.82) is 0 Å². The maximum Gasteiger partial charge on any atom is 1.00 e. The summed E-state index contributed by atoms with van der Waals surface area (Å²) < 4.78 is 95.5. The molecule has 0 amide bonds. The first kappa shape index (κ1) is 40.0. The van der Waals surface area contributed by atoms with Gasteiger partial charge < -0.3 is 18.2 Å². The Balaban J connectivity index is -0.0000000418.